The maximum Gasteiger partial charge on any atom is 0.246 e. The molecular weight excluding hydrogens is 258 g/mol. The minimum atomic E-state index is -0.0980. The number of nitrogens with one attached hydrogen (secondary N) is 1. The van der Waals surface area contributed by atoms with E-state index in [0.29, 0.717) is 18.0 Å². The fourth-order valence-electron chi connectivity index (χ4n) is 1.68. The van der Waals surface area contributed by atoms with E-state index in [9.17, 15) is 4.79 Å². The van der Waals surface area contributed by atoms with Gasteiger partial charge in [0.2, 0.25) is 5.91 Å². The zero-order valence-electron chi connectivity index (χ0n) is 12.6. The van der Waals surface area contributed by atoms with Gasteiger partial charge in [-0.25, -0.2) is 0 Å². The van der Waals surface area contributed by atoms with E-state index < -0.39 is 0 Å². The molecule has 5 heteroatoms. The molecule has 0 aliphatic heterocycles. The van der Waals surface area contributed by atoms with E-state index >= 15 is 0 Å². The Kier molecular flexibility index (Phi) is 6.87. The van der Waals surface area contributed by atoms with Crippen molar-refractivity contribution in [3.8, 4) is 11.5 Å². The van der Waals surface area contributed by atoms with Crippen LogP contribution in [-0.2, 0) is 16.0 Å². The summed E-state index contributed by atoms with van der Waals surface area (Å²) in [5, 5.41) is 2.82. The van der Waals surface area contributed by atoms with E-state index in [1.54, 1.807) is 14.2 Å². The number of rotatable bonds is 8. The third-order valence-electron chi connectivity index (χ3n) is 2.73. The molecule has 0 atom stereocenters. The maximum absolute atomic E-state index is 11.5. The minimum Gasteiger partial charge on any atom is -0.493 e. The third kappa shape index (κ3) is 5.48. The van der Waals surface area contributed by atoms with E-state index in [2.05, 4.69) is 5.32 Å². The number of hydrogen-bond donors (Lipinski definition) is 1. The van der Waals surface area contributed by atoms with Crippen molar-refractivity contribution in [1.29, 1.82) is 0 Å². The van der Waals surface area contributed by atoms with Crippen LogP contribution in [0, 0.1) is 0 Å². The Morgan fingerprint density at radius 3 is 2.50 bits per heavy atom. The largest absolute Gasteiger partial charge is 0.493 e. The average Bonchev–Trinajstić information content (AvgIpc) is 2.44. The summed E-state index contributed by atoms with van der Waals surface area (Å²) < 4.78 is 15.6. The number of ether oxygens (including phenoxy) is 3. The summed E-state index contributed by atoms with van der Waals surface area (Å²) in [6.07, 6.45) is 0.792. The first-order valence-electron chi connectivity index (χ1n) is 6.66. The SMILES string of the molecule is COc1ccc(CCNC(=O)COC(C)C)cc1OC. The lowest BCUT2D eigenvalue weighted by Crippen LogP contribution is -2.30. The van der Waals surface area contributed by atoms with Gasteiger partial charge < -0.3 is 19.5 Å². The molecule has 0 unspecified atom stereocenters. The van der Waals surface area contributed by atoms with Crippen LogP contribution in [-0.4, -0.2) is 39.4 Å². The normalized spacial score (nSPS) is 10.4. The Morgan fingerprint density at radius 1 is 1.20 bits per heavy atom. The number of amides is 1. The lowest BCUT2D eigenvalue weighted by atomic mass is 10.1. The van der Waals surface area contributed by atoms with Crippen molar-refractivity contribution >= 4 is 5.91 Å². The summed E-state index contributed by atoms with van der Waals surface area (Å²) in [5.41, 5.74) is 1.08. The number of carbonyl (C=O) groups excluding carboxylic acids is 1. The quantitative estimate of drug-likeness (QED) is 0.789. The highest BCUT2D eigenvalue weighted by atomic mass is 16.5. The zero-order chi connectivity index (χ0) is 15.0. The van der Waals surface area contributed by atoms with E-state index in [1.807, 2.05) is 32.0 Å². The molecule has 20 heavy (non-hydrogen) atoms. The van der Waals surface area contributed by atoms with E-state index in [1.165, 1.54) is 0 Å². The van der Waals surface area contributed by atoms with Gasteiger partial charge in [-0.1, -0.05) is 6.07 Å². The summed E-state index contributed by atoms with van der Waals surface area (Å²) in [6, 6.07) is 5.73. The van der Waals surface area contributed by atoms with Gasteiger partial charge in [0.15, 0.2) is 11.5 Å². The van der Waals surface area contributed by atoms with Crippen molar-refractivity contribution in [2.45, 2.75) is 26.4 Å². The van der Waals surface area contributed by atoms with Crippen molar-refractivity contribution in [3.63, 3.8) is 0 Å². The molecule has 0 radical (unpaired) electrons. The smallest absolute Gasteiger partial charge is 0.246 e. The van der Waals surface area contributed by atoms with E-state index in [4.69, 9.17) is 14.2 Å². The monoisotopic (exact) mass is 281 g/mol. The highest BCUT2D eigenvalue weighted by Crippen LogP contribution is 2.27. The molecule has 0 saturated carbocycles. The van der Waals surface area contributed by atoms with Gasteiger partial charge in [-0.05, 0) is 38.0 Å². The van der Waals surface area contributed by atoms with Crippen LogP contribution in [0.5, 0.6) is 11.5 Å². The Hall–Kier alpha value is -1.75. The second kappa shape index (κ2) is 8.43. The van der Waals surface area contributed by atoms with Crippen LogP contribution in [0.25, 0.3) is 0 Å². The highest BCUT2D eigenvalue weighted by molar-refractivity contribution is 5.77. The number of hydrogen-bond acceptors (Lipinski definition) is 4. The topological polar surface area (TPSA) is 56.8 Å². The maximum atomic E-state index is 11.5. The Balaban J connectivity index is 2.40. The molecule has 0 bridgehead atoms. The Bertz CT molecular complexity index is 432. The molecule has 0 heterocycles. The molecule has 0 fully saturated rings. The molecule has 0 saturated heterocycles. The summed E-state index contributed by atoms with van der Waals surface area (Å²) in [5.74, 6) is 1.30. The summed E-state index contributed by atoms with van der Waals surface area (Å²) in [4.78, 5) is 11.5. The second-order valence-corrected chi connectivity index (χ2v) is 4.65. The number of carbonyl (C=O) groups is 1. The first-order valence-corrected chi connectivity index (χ1v) is 6.66. The van der Waals surface area contributed by atoms with E-state index in [-0.39, 0.29) is 18.6 Å². The first kappa shape index (κ1) is 16.3. The molecule has 1 N–H and O–H groups in total. The van der Waals surface area contributed by atoms with Gasteiger partial charge in [-0.2, -0.15) is 0 Å². The Labute approximate surface area is 120 Å². The van der Waals surface area contributed by atoms with Crippen molar-refractivity contribution in [1.82, 2.24) is 5.32 Å². The van der Waals surface area contributed by atoms with E-state index in [0.717, 1.165) is 12.0 Å². The van der Waals surface area contributed by atoms with Gasteiger partial charge in [0.1, 0.15) is 6.61 Å². The lowest BCUT2D eigenvalue weighted by Gasteiger charge is -2.10. The third-order valence-corrected chi connectivity index (χ3v) is 2.73. The molecule has 1 rings (SSSR count). The standard InChI is InChI=1S/C15H23NO4/c1-11(2)20-10-15(17)16-8-7-12-5-6-13(18-3)14(9-12)19-4/h5-6,9,11H,7-8,10H2,1-4H3,(H,16,17). The second-order valence-electron chi connectivity index (χ2n) is 4.65. The van der Waals surface area contributed by atoms with Crippen molar-refractivity contribution in [2.24, 2.45) is 0 Å². The van der Waals surface area contributed by atoms with Crippen LogP contribution in [0.3, 0.4) is 0 Å². The average molecular weight is 281 g/mol. The fraction of sp³-hybridized carbons (Fsp3) is 0.533. The molecule has 0 aromatic heterocycles. The van der Waals surface area contributed by atoms with Crippen LogP contribution in [0.15, 0.2) is 18.2 Å². The van der Waals surface area contributed by atoms with Gasteiger partial charge >= 0.3 is 0 Å². The zero-order valence-corrected chi connectivity index (χ0v) is 12.6. The van der Waals surface area contributed by atoms with Crippen molar-refractivity contribution in [2.75, 3.05) is 27.4 Å². The van der Waals surface area contributed by atoms with Gasteiger partial charge in [-0.3, -0.25) is 4.79 Å². The predicted molar refractivity (Wildman–Crippen MR) is 77.3 cm³/mol. The minimum absolute atomic E-state index is 0.0617. The Morgan fingerprint density at radius 2 is 1.90 bits per heavy atom. The molecular formula is C15H23NO4. The highest BCUT2D eigenvalue weighted by Gasteiger charge is 2.06. The molecule has 0 aliphatic rings. The van der Waals surface area contributed by atoms with Crippen LogP contribution >= 0.6 is 0 Å². The van der Waals surface area contributed by atoms with Crippen LogP contribution in [0.2, 0.25) is 0 Å². The first-order chi connectivity index (χ1) is 9.56. The van der Waals surface area contributed by atoms with Crippen LogP contribution in [0.4, 0.5) is 0 Å². The molecule has 112 valence electrons. The molecule has 1 aromatic rings. The molecule has 0 spiro atoms. The lowest BCUT2D eigenvalue weighted by molar-refractivity contribution is -0.127. The van der Waals surface area contributed by atoms with Gasteiger partial charge in [0.25, 0.3) is 0 Å². The van der Waals surface area contributed by atoms with Gasteiger partial charge in [0.05, 0.1) is 20.3 Å². The summed E-state index contributed by atoms with van der Waals surface area (Å²) >= 11 is 0. The molecule has 5 nitrogen and oxygen atoms in total. The van der Waals surface area contributed by atoms with Crippen LogP contribution < -0.4 is 14.8 Å². The van der Waals surface area contributed by atoms with Gasteiger partial charge in [0, 0.05) is 6.54 Å². The van der Waals surface area contributed by atoms with Crippen molar-refractivity contribution < 1.29 is 19.0 Å². The fourth-order valence-corrected chi connectivity index (χ4v) is 1.68. The molecule has 1 aromatic carbocycles. The number of benzene rings is 1. The molecule has 1 amide bonds. The summed E-state index contributed by atoms with van der Waals surface area (Å²) in [6.45, 7) is 4.47. The van der Waals surface area contributed by atoms with Crippen molar-refractivity contribution in [3.05, 3.63) is 23.8 Å². The summed E-state index contributed by atoms with van der Waals surface area (Å²) in [7, 11) is 3.21. The number of methoxy groups -OCH3 is 2. The molecule has 0 aliphatic carbocycles. The predicted octanol–water partition coefficient (Wildman–Crippen LogP) is 1.79. The van der Waals surface area contributed by atoms with Crippen LogP contribution in [0.1, 0.15) is 19.4 Å². The van der Waals surface area contributed by atoms with Gasteiger partial charge in [-0.15, -0.1) is 0 Å².